The van der Waals surface area contributed by atoms with Gasteiger partial charge in [0, 0.05) is 7.05 Å². The monoisotopic (exact) mass is 280 g/mol. The van der Waals surface area contributed by atoms with Gasteiger partial charge in [0.2, 0.25) is 0 Å². The summed E-state index contributed by atoms with van der Waals surface area (Å²) in [6.07, 6.45) is 1.77. The Bertz CT molecular complexity index is 614. The average Bonchev–Trinajstić information content (AvgIpc) is 2.87. The summed E-state index contributed by atoms with van der Waals surface area (Å²) in [6, 6.07) is 0. The van der Waals surface area contributed by atoms with E-state index >= 15 is 0 Å². The summed E-state index contributed by atoms with van der Waals surface area (Å²) in [5.41, 5.74) is 6.98. The Morgan fingerprint density at radius 3 is 2.68 bits per heavy atom. The van der Waals surface area contributed by atoms with E-state index in [0.717, 1.165) is 11.5 Å². The predicted molar refractivity (Wildman–Crippen MR) is 72.8 cm³/mol. The SMILES string of the molecule is Cc1nsc(C(=O)NC(C)(C)c2cn(C)nn2)c1N. The van der Waals surface area contributed by atoms with Crippen molar-refractivity contribution >= 4 is 23.1 Å². The topological polar surface area (TPSA) is 98.7 Å². The highest BCUT2D eigenvalue weighted by atomic mass is 32.1. The molecule has 0 aliphatic carbocycles. The van der Waals surface area contributed by atoms with Gasteiger partial charge in [-0.3, -0.25) is 9.48 Å². The van der Waals surface area contributed by atoms with Gasteiger partial charge in [0.15, 0.2) is 0 Å². The van der Waals surface area contributed by atoms with Gasteiger partial charge in [-0.2, -0.15) is 4.37 Å². The number of carbonyl (C=O) groups excluding carboxylic acids is 1. The molecule has 0 radical (unpaired) electrons. The van der Waals surface area contributed by atoms with Crippen molar-refractivity contribution in [1.29, 1.82) is 0 Å². The minimum absolute atomic E-state index is 0.251. The molecular formula is C11H16N6OS. The van der Waals surface area contributed by atoms with Crippen molar-refractivity contribution in [3.8, 4) is 0 Å². The number of aryl methyl sites for hydroxylation is 2. The normalized spacial score (nSPS) is 11.6. The first-order chi connectivity index (χ1) is 8.81. The molecule has 0 aliphatic rings. The van der Waals surface area contributed by atoms with E-state index in [2.05, 4.69) is 20.0 Å². The molecule has 8 heteroatoms. The second kappa shape index (κ2) is 4.61. The lowest BCUT2D eigenvalue weighted by molar-refractivity contribution is 0.0915. The number of nitrogen functional groups attached to an aromatic ring is 1. The average molecular weight is 280 g/mol. The maximum absolute atomic E-state index is 12.2. The molecule has 0 bridgehead atoms. The van der Waals surface area contributed by atoms with Gasteiger partial charge in [-0.1, -0.05) is 5.21 Å². The molecule has 0 unspecified atom stereocenters. The summed E-state index contributed by atoms with van der Waals surface area (Å²) in [5.74, 6) is -0.251. The smallest absolute Gasteiger partial charge is 0.265 e. The summed E-state index contributed by atoms with van der Waals surface area (Å²) in [7, 11) is 1.78. The van der Waals surface area contributed by atoms with Crippen molar-refractivity contribution < 1.29 is 4.79 Å². The molecule has 102 valence electrons. The minimum atomic E-state index is -0.629. The number of hydrogen-bond acceptors (Lipinski definition) is 6. The van der Waals surface area contributed by atoms with Gasteiger partial charge in [0.25, 0.3) is 5.91 Å². The molecule has 2 aromatic heterocycles. The Kier molecular flexibility index (Phi) is 3.27. The molecule has 1 amide bonds. The second-order valence-electron chi connectivity index (χ2n) is 4.87. The Morgan fingerprint density at radius 2 is 2.21 bits per heavy atom. The van der Waals surface area contributed by atoms with Crippen molar-refractivity contribution in [3.05, 3.63) is 22.5 Å². The van der Waals surface area contributed by atoms with Crippen LogP contribution in [0.25, 0.3) is 0 Å². The number of aromatic nitrogens is 4. The number of nitrogens with one attached hydrogen (secondary N) is 1. The molecule has 0 saturated heterocycles. The molecule has 2 heterocycles. The first kappa shape index (κ1) is 13.5. The maximum atomic E-state index is 12.2. The van der Waals surface area contributed by atoms with Gasteiger partial charge in [-0.25, -0.2) is 0 Å². The van der Waals surface area contributed by atoms with Gasteiger partial charge < -0.3 is 11.1 Å². The van der Waals surface area contributed by atoms with Crippen molar-refractivity contribution in [2.24, 2.45) is 7.05 Å². The lowest BCUT2D eigenvalue weighted by Crippen LogP contribution is -2.41. The highest BCUT2D eigenvalue weighted by Crippen LogP contribution is 2.23. The van der Waals surface area contributed by atoms with E-state index in [0.29, 0.717) is 22.0 Å². The van der Waals surface area contributed by atoms with Crippen LogP contribution in [0.3, 0.4) is 0 Å². The fraction of sp³-hybridized carbons (Fsp3) is 0.455. The summed E-state index contributed by atoms with van der Waals surface area (Å²) in [4.78, 5) is 12.6. The summed E-state index contributed by atoms with van der Waals surface area (Å²) in [5, 5.41) is 10.8. The Balaban J connectivity index is 2.21. The number of carbonyl (C=O) groups is 1. The van der Waals surface area contributed by atoms with Gasteiger partial charge in [0.1, 0.15) is 10.6 Å². The van der Waals surface area contributed by atoms with Crippen LogP contribution in [0.2, 0.25) is 0 Å². The summed E-state index contributed by atoms with van der Waals surface area (Å²) < 4.78 is 5.66. The maximum Gasteiger partial charge on any atom is 0.265 e. The summed E-state index contributed by atoms with van der Waals surface area (Å²) >= 11 is 1.10. The first-order valence-corrected chi connectivity index (χ1v) is 6.49. The van der Waals surface area contributed by atoms with Crippen LogP contribution in [0.15, 0.2) is 6.20 Å². The number of hydrogen-bond donors (Lipinski definition) is 2. The third-order valence-electron chi connectivity index (χ3n) is 2.78. The zero-order valence-corrected chi connectivity index (χ0v) is 12.1. The number of rotatable bonds is 3. The van der Waals surface area contributed by atoms with E-state index in [1.807, 2.05) is 13.8 Å². The van der Waals surface area contributed by atoms with E-state index in [9.17, 15) is 4.79 Å². The standard InChI is InChI=1S/C11H16N6OS/c1-6-8(12)9(19-15-6)10(18)13-11(2,3)7-5-17(4)16-14-7/h5H,12H2,1-4H3,(H,13,18). The quantitative estimate of drug-likeness (QED) is 0.867. The van der Waals surface area contributed by atoms with Crippen LogP contribution in [0.4, 0.5) is 5.69 Å². The zero-order chi connectivity index (χ0) is 14.2. The van der Waals surface area contributed by atoms with Crippen LogP contribution >= 0.6 is 11.5 Å². The summed E-state index contributed by atoms with van der Waals surface area (Å²) in [6.45, 7) is 5.49. The number of anilines is 1. The van der Waals surface area contributed by atoms with Crippen LogP contribution in [0.1, 0.15) is 34.9 Å². The fourth-order valence-electron chi connectivity index (χ4n) is 1.58. The molecule has 19 heavy (non-hydrogen) atoms. The minimum Gasteiger partial charge on any atom is -0.396 e. The molecule has 7 nitrogen and oxygen atoms in total. The van der Waals surface area contributed by atoms with Crippen LogP contribution < -0.4 is 11.1 Å². The van der Waals surface area contributed by atoms with Gasteiger partial charge in [-0.05, 0) is 32.3 Å². The molecule has 2 rings (SSSR count). The Labute approximate surface area is 115 Å². The van der Waals surface area contributed by atoms with Crippen molar-refractivity contribution in [2.75, 3.05) is 5.73 Å². The molecule has 3 N–H and O–H groups in total. The fourth-order valence-corrected chi connectivity index (χ4v) is 2.29. The van der Waals surface area contributed by atoms with Gasteiger partial charge >= 0.3 is 0 Å². The van der Waals surface area contributed by atoms with E-state index in [1.54, 1.807) is 24.9 Å². The molecule has 0 spiro atoms. The van der Waals surface area contributed by atoms with Crippen molar-refractivity contribution in [3.63, 3.8) is 0 Å². The van der Waals surface area contributed by atoms with E-state index < -0.39 is 5.54 Å². The largest absolute Gasteiger partial charge is 0.396 e. The van der Waals surface area contributed by atoms with Crippen molar-refractivity contribution in [1.82, 2.24) is 24.7 Å². The van der Waals surface area contributed by atoms with E-state index in [-0.39, 0.29) is 5.91 Å². The molecule has 2 aromatic rings. The molecule has 0 saturated carbocycles. The highest BCUT2D eigenvalue weighted by Gasteiger charge is 2.28. The second-order valence-corrected chi connectivity index (χ2v) is 5.64. The molecular weight excluding hydrogens is 264 g/mol. The predicted octanol–water partition coefficient (Wildman–Crippen LogP) is 0.827. The molecule has 0 aromatic carbocycles. The van der Waals surface area contributed by atoms with Crippen LogP contribution in [-0.4, -0.2) is 25.3 Å². The van der Waals surface area contributed by atoms with Gasteiger partial charge in [0.05, 0.1) is 23.1 Å². The number of nitrogens with two attached hydrogens (primary N) is 1. The Hall–Kier alpha value is -1.96. The lowest BCUT2D eigenvalue weighted by atomic mass is 10.0. The zero-order valence-electron chi connectivity index (χ0n) is 11.3. The van der Waals surface area contributed by atoms with Crippen molar-refractivity contribution in [2.45, 2.75) is 26.3 Å². The molecule has 0 atom stereocenters. The molecule has 0 aliphatic heterocycles. The van der Waals surface area contributed by atoms with E-state index in [1.165, 1.54) is 0 Å². The van der Waals surface area contributed by atoms with Crippen LogP contribution in [0.5, 0.6) is 0 Å². The highest BCUT2D eigenvalue weighted by molar-refractivity contribution is 7.08. The van der Waals surface area contributed by atoms with Gasteiger partial charge in [-0.15, -0.1) is 5.10 Å². The van der Waals surface area contributed by atoms with Crippen LogP contribution in [0, 0.1) is 6.92 Å². The lowest BCUT2D eigenvalue weighted by Gasteiger charge is -2.23. The number of nitrogens with zero attached hydrogens (tertiary/aromatic N) is 4. The van der Waals surface area contributed by atoms with Crippen LogP contribution in [-0.2, 0) is 12.6 Å². The first-order valence-electron chi connectivity index (χ1n) is 5.72. The third kappa shape index (κ3) is 2.58. The third-order valence-corrected chi connectivity index (χ3v) is 3.74. The van der Waals surface area contributed by atoms with E-state index in [4.69, 9.17) is 5.73 Å². The molecule has 0 fully saturated rings. The number of amides is 1. The Morgan fingerprint density at radius 1 is 1.53 bits per heavy atom.